The van der Waals surface area contributed by atoms with Crippen LogP contribution in [0.5, 0.6) is 0 Å². The second-order valence-electron chi connectivity index (χ2n) is 4.66. The molecule has 0 N–H and O–H groups in total. The molecule has 0 aliphatic rings. The van der Waals surface area contributed by atoms with E-state index in [1.807, 2.05) is 0 Å². The Bertz CT molecular complexity index is 458. The van der Waals surface area contributed by atoms with E-state index in [1.165, 1.54) is 13.8 Å². The number of hydrogen-bond donors (Lipinski definition) is 0. The van der Waals surface area contributed by atoms with Crippen LogP contribution in [0, 0.1) is 0 Å². The van der Waals surface area contributed by atoms with Crippen LogP contribution in [0.2, 0.25) is 0 Å². The molecule has 2 unspecified atom stereocenters. The molecule has 0 heterocycles. The monoisotopic (exact) mass is 390 g/mol. The van der Waals surface area contributed by atoms with E-state index in [9.17, 15) is 18.7 Å². The first kappa shape index (κ1) is 23.2. The molecule has 0 aliphatic carbocycles. The Balaban J connectivity index is 4.54. The quantitative estimate of drug-likeness (QED) is 0.381. The van der Waals surface area contributed by atoms with Gasteiger partial charge >= 0.3 is 27.1 Å². The van der Waals surface area contributed by atoms with Crippen molar-refractivity contribution in [1.82, 2.24) is 0 Å². The van der Waals surface area contributed by atoms with Crippen molar-refractivity contribution in [2.75, 3.05) is 40.8 Å². The molecule has 0 aliphatic heterocycles. The van der Waals surface area contributed by atoms with Crippen LogP contribution in [-0.4, -0.2) is 64.9 Å². The van der Waals surface area contributed by atoms with E-state index >= 15 is 0 Å². The van der Waals surface area contributed by atoms with E-state index < -0.39 is 51.7 Å². The van der Waals surface area contributed by atoms with Gasteiger partial charge in [0.25, 0.3) is 0 Å². The third-order valence-corrected chi connectivity index (χ3v) is 6.57. The Labute approximate surface area is 141 Å². The summed E-state index contributed by atoms with van der Waals surface area (Å²) in [4.78, 5) is 23.4. The number of esters is 2. The van der Waals surface area contributed by atoms with Gasteiger partial charge in [-0.1, -0.05) is 0 Å². The van der Waals surface area contributed by atoms with Gasteiger partial charge in [0.15, 0.2) is 0 Å². The van der Waals surface area contributed by atoms with Crippen LogP contribution in [0.25, 0.3) is 0 Å². The Hall–Kier alpha value is -0.760. The number of hydrogen-bond acceptors (Lipinski definition) is 10. The highest BCUT2D eigenvalue weighted by molar-refractivity contribution is 7.55. The predicted molar refractivity (Wildman–Crippen MR) is 84.1 cm³/mol. The van der Waals surface area contributed by atoms with E-state index in [0.29, 0.717) is 0 Å². The van der Waals surface area contributed by atoms with Gasteiger partial charge in [0.1, 0.15) is 24.5 Å². The van der Waals surface area contributed by atoms with Crippen molar-refractivity contribution >= 4 is 27.1 Å². The highest BCUT2D eigenvalue weighted by Gasteiger charge is 2.31. The molecule has 24 heavy (non-hydrogen) atoms. The zero-order chi connectivity index (χ0) is 19.0. The van der Waals surface area contributed by atoms with Gasteiger partial charge in [-0.3, -0.25) is 18.7 Å². The van der Waals surface area contributed by atoms with Crippen molar-refractivity contribution in [2.24, 2.45) is 0 Å². The largest absolute Gasteiger partial charge is 0.458 e. The Morgan fingerprint density at radius 1 is 0.708 bits per heavy atom. The van der Waals surface area contributed by atoms with E-state index in [4.69, 9.17) is 9.47 Å². The SMILES string of the molecule is COP(=O)(CC(=O)OC(C)C(C)OC(=O)CP(=O)(OC)OC)OC. The van der Waals surface area contributed by atoms with Crippen LogP contribution < -0.4 is 0 Å². The van der Waals surface area contributed by atoms with Gasteiger partial charge in [-0.25, -0.2) is 0 Å². The summed E-state index contributed by atoms with van der Waals surface area (Å²) in [5, 5.41) is 0. The van der Waals surface area contributed by atoms with Crippen LogP contribution in [0.15, 0.2) is 0 Å². The molecule has 0 aromatic carbocycles. The average Bonchev–Trinajstić information content (AvgIpc) is 2.53. The number of carbonyl (C=O) groups is 2. The van der Waals surface area contributed by atoms with Crippen LogP contribution >= 0.6 is 15.2 Å². The predicted octanol–water partition coefficient (Wildman–Crippen LogP) is 1.82. The number of ether oxygens (including phenoxy) is 2. The maximum atomic E-state index is 11.8. The van der Waals surface area contributed by atoms with Gasteiger partial charge in [-0.15, -0.1) is 0 Å². The third kappa shape index (κ3) is 7.88. The smallest absolute Gasteiger partial charge is 0.341 e. The zero-order valence-corrected chi connectivity index (χ0v) is 16.3. The van der Waals surface area contributed by atoms with Gasteiger partial charge in [-0.2, -0.15) is 0 Å². The maximum Gasteiger partial charge on any atom is 0.341 e. The molecule has 12 heteroatoms. The third-order valence-electron chi connectivity index (χ3n) is 3.05. The van der Waals surface area contributed by atoms with Crippen LogP contribution in [0.4, 0.5) is 0 Å². The number of rotatable bonds is 11. The summed E-state index contributed by atoms with van der Waals surface area (Å²) in [6.07, 6.45) is -2.83. The molecular formula is C12H24O10P2. The van der Waals surface area contributed by atoms with Gasteiger partial charge in [-0.05, 0) is 13.8 Å². The fourth-order valence-electron chi connectivity index (χ4n) is 1.40. The first-order valence-corrected chi connectivity index (χ1v) is 10.3. The lowest BCUT2D eigenvalue weighted by Crippen LogP contribution is -2.32. The van der Waals surface area contributed by atoms with Gasteiger partial charge < -0.3 is 27.6 Å². The molecule has 0 radical (unpaired) electrons. The molecule has 142 valence electrons. The Morgan fingerprint density at radius 3 is 1.17 bits per heavy atom. The minimum Gasteiger partial charge on any atom is -0.458 e. The standard InChI is InChI=1S/C12H24O10P2/c1-9(21-11(13)7-23(15,17-3)18-4)10(2)22-12(14)8-24(16,19-5)20-6/h9-10H,7-8H2,1-6H3. The lowest BCUT2D eigenvalue weighted by molar-refractivity contribution is -0.162. The highest BCUT2D eigenvalue weighted by Crippen LogP contribution is 2.46. The molecule has 0 saturated carbocycles. The van der Waals surface area contributed by atoms with E-state index in [0.717, 1.165) is 28.4 Å². The van der Waals surface area contributed by atoms with Crippen LogP contribution in [-0.2, 0) is 46.3 Å². The van der Waals surface area contributed by atoms with Crippen LogP contribution in [0.3, 0.4) is 0 Å². The van der Waals surface area contributed by atoms with Gasteiger partial charge in [0.05, 0.1) is 0 Å². The van der Waals surface area contributed by atoms with E-state index in [1.54, 1.807) is 0 Å². The molecule has 0 aromatic rings. The first-order valence-electron chi connectivity index (χ1n) is 6.84. The topological polar surface area (TPSA) is 124 Å². The lowest BCUT2D eigenvalue weighted by Gasteiger charge is -2.22. The minimum absolute atomic E-state index is 0.576. The van der Waals surface area contributed by atoms with Crippen molar-refractivity contribution in [3.63, 3.8) is 0 Å². The van der Waals surface area contributed by atoms with Crippen molar-refractivity contribution in [3.8, 4) is 0 Å². The van der Waals surface area contributed by atoms with Crippen molar-refractivity contribution < 1.29 is 46.3 Å². The molecule has 0 bridgehead atoms. The molecule has 0 amide bonds. The second-order valence-corrected chi connectivity index (χ2v) is 9.19. The molecule has 0 rings (SSSR count). The fraction of sp³-hybridized carbons (Fsp3) is 0.833. The second kappa shape index (κ2) is 10.3. The van der Waals surface area contributed by atoms with Crippen molar-refractivity contribution in [1.29, 1.82) is 0 Å². The molecule has 2 atom stereocenters. The summed E-state index contributed by atoms with van der Waals surface area (Å²) in [5.74, 6) is -1.67. The summed E-state index contributed by atoms with van der Waals surface area (Å²) in [5.41, 5.74) is 0. The molecular weight excluding hydrogens is 366 g/mol. The number of carbonyl (C=O) groups excluding carboxylic acids is 2. The molecule has 0 saturated heterocycles. The molecule has 0 fully saturated rings. The summed E-state index contributed by atoms with van der Waals surface area (Å²) in [6, 6.07) is 0. The van der Waals surface area contributed by atoms with Crippen molar-refractivity contribution in [3.05, 3.63) is 0 Å². The average molecular weight is 390 g/mol. The summed E-state index contributed by atoms with van der Waals surface area (Å²) in [7, 11) is -2.49. The molecule has 0 spiro atoms. The summed E-state index contributed by atoms with van der Waals surface area (Å²) >= 11 is 0. The fourth-order valence-corrected chi connectivity index (χ4v) is 3.00. The molecule has 0 aromatic heterocycles. The van der Waals surface area contributed by atoms with E-state index in [2.05, 4.69) is 18.1 Å². The minimum atomic E-state index is -3.54. The lowest BCUT2D eigenvalue weighted by atomic mass is 10.2. The first-order chi connectivity index (χ1) is 11.0. The Morgan fingerprint density at radius 2 is 0.958 bits per heavy atom. The van der Waals surface area contributed by atoms with Crippen LogP contribution in [0.1, 0.15) is 13.8 Å². The van der Waals surface area contributed by atoms with E-state index in [-0.39, 0.29) is 0 Å². The van der Waals surface area contributed by atoms with Gasteiger partial charge in [0.2, 0.25) is 0 Å². The molecule has 10 nitrogen and oxygen atoms in total. The van der Waals surface area contributed by atoms with Crippen molar-refractivity contribution in [2.45, 2.75) is 26.1 Å². The Kier molecular flexibility index (Phi) is 9.96. The zero-order valence-electron chi connectivity index (χ0n) is 14.5. The summed E-state index contributed by atoms with van der Waals surface area (Å²) in [6.45, 7) is 2.96. The summed E-state index contributed by atoms with van der Waals surface area (Å²) < 4.78 is 52.2. The maximum absolute atomic E-state index is 11.8. The highest BCUT2D eigenvalue weighted by atomic mass is 31.2. The normalized spacial score (nSPS) is 14.8. The van der Waals surface area contributed by atoms with Gasteiger partial charge in [0, 0.05) is 28.4 Å².